The molecule has 0 aliphatic rings. The largest absolute Gasteiger partial charge is 0.293 e. The smallest absolute Gasteiger partial charge is 0.173 e. The lowest BCUT2D eigenvalue weighted by molar-refractivity contribution is 0.0858. The molecule has 0 amide bonds. The van der Waals surface area contributed by atoms with Crippen LogP contribution < -0.4 is 0 Å². The third kappa shape index (κ3) is 2.88. The normalized spacial score (nSPS) is 13.5. The van der Waals surface area contributed by atoms with Crippen molar-refractivity contribution in [3.63, 3.8) is 0 Å². The monoisotopic (exact) mass is 264 g/mol. The van der Waals surface area contributed by atoms with E-state index in [1.54, 1.807) is 0 Å². The molecule has 1 atom stereocenters. The van der Waals surface area contributed by atoms with Gasteiger partial charge in [-0.1, -0.05) is 72.8 Å². The average Bonchev–Trinajstić information content (AvgIpc) is 2.48. The van der Waals surface area contributed by atoms with Gasteiger partial charge >= 0.3 is 0 Å². The highest BCUT2D eigenvalue weighted by Crippen LogP contribution is 2.34. The van der Waals surface area contributed by atoms with E-state index in [0.717, 1.165) is 16.7 Å². The maximum Gasteiger partial charge on any atom is 0.173 e. The minimum atomic E-state index is -0.567. The second kappa shape index (κ2) is 5.87. The fraction of sp³-hybridized carbons (Fsp3) is 0.211. The van der Waals surface area contributed by atoms with Crippen molar-refractivity contribution in [2.75, 3.05) is 0 Å². The van der Waals surface area contributed by atoms with Crippen molar-refractivity contribution in [3.05, 3.63) is 83.9 Å². The molecule has 0 saturated carbocycles. The molecule has 1 nitrogen and oxygen atoms in total. The predicted molar refractivity (Wildman–Crippen MR) is 83.8 cm³/mol. The summed E-state index contributed by atoms with van der Waals surface area (Å²) in [5.41, 5.74) is 2.23. The van der Waals surface area contributed by atoms with E-state index in [0.29, 0.717) is 6.42 Å². The molecule has 0 aliphatic heterocycles. The highest BCUT2D eigenvalue weighted by Gasteiger charge is 2.34. The Hall–Kier alpha value is -2.15. The molecule has 0 aliphatic carbocycles. The first-order valence-corrected chi connectivity index (χ1v) is 6.84. The van der Waals surface area contributed by atoms with Crippen LogP contribution in [0.25, 0.3) is 0 Å². The van der Waals surface area contributed by atoms with Crippen LogP contribution in [-0.4, -0.2) is 5.78 Å². The van der Waals surface area contributed by atoms with Crippen molar-refractivity contribution >= 4 is 5.78 Å². The summed E-state index contributed by atoms with van der Waals surface area (Å²) in [7, 11) is 0. The molecule has 0 heterocycles. The second-order valence-corrected chi connectivity index (χ2v) is 5.47. The first kappa shape index (κ1) is 14.3. The Morgan fingerprint density at radius 1 is 1.00 bits per heavy atom. The molecule has 2 aromatic rings. The van der Waals surface area contributed by atoms with Crippen LogP contribution in [0.5, 0.6) is 0 Å². The average molecular weight is 264 g/mol. The quantitative estimate of drug-likeness (QED) is 0.565. The van der Waals surface area contributed by atoms with Gasteiger partial charge in [-0.15, -0.1) is 0 Å². The van der Waals surface area contributed by atoms with E-state index in [2.05, 4.69) is 18.7 Å². The summed E-state index contributed by atoms with van der Waals surface area (Å²) in [6.07, 6.45) is 0.677. The standard InChI is InChI=1S/C19H20O/c1-15(2)19(3,14-16-10-6-4-7-11-16)18(20)17-12-8-5-9-13-17/h4-13H,1,14H2,2-3H3. The second-order valence-electron chi connectivity index (χ2n) is 5.47. The van der Waals surface area contributed by atoms with E-state index in [4.69, 9.17) is 0 Å². The molecule has 2 rings (SSSR count). The number of carbonyl (C=O) groups excluding carboxylic acids is 1. The third-order valence-electron chi connectivity index (χ3n) is 3.88. The topological polar surface area (TPSA) is 17.1 Å². The summed E-state index contributed by atoms with van der Waals surface area (Å²) in [6.45, 7) is 7.97. The van der Waals surface area contributed by atoms with Crippen LogP contribution in [0.1, 0.15) is 29.8 Å². The van der Waals surface area contributed by atoms with Crippen LogP contribution in [-0.2, 0) is 6.42 Å². The highest BCUT2D eigenvalue weighted by molar-refractivity contribution is 6.02. The first-order chi connectivity index (χ1) is 9.54. The minimum absolute atomic E-state index is 0.134. The van der Waals surface area contributed by atoms with Crippen molar-refractivity contribution in [1.82, 2.24) is 0 Å². The molecule has 0 aromatic heterocycles. The zero-order valence-corrected chi connectivity index (χ0v) is 12.1. The Balaban J connectivity index is 2.35. The van der Waals surface area contributed by atoms with Gasteiger partial charge in [0.05, 0.1) is 5.41 Å². The van der Waals surface area contributed by atoms with Gasteiger partial charge in [-0.05, 0) is 25.8 Å². The van der Waals surface area contributed by atoms with Crippen molar-refractivity contribution in [2.45, 2.75) is 20.3 Å². The van der Waals surface area contributed by atoms with Gasteiger partial charge in [0, 0.05) is 5.56 Å². The van der Waals surface area contributed by atoms with Gasteiger partial charge in [-0.2, -0.15) is 0 Å². The van der Waals surface area contributed by atoms with Gasteiger partial charge in [-0.3, -0.25) is 4.79 Å². The van der Waals surface area contributed by atoms with Gasteiger partial charge in [0.25, 0.3) is 0 Å². The number of ketones is 1. The Bertz CT molecular complexity index is 598. The van der Waals surface area contributed by atoms with E-state index in [9.17, 15) is 4.79 Å². The molecule has 0 bridgehead atoms. The van der Waals surface area contributed by atoms with Crippen LogP contribution in [0.2, 0.25) is 0 Å². The molecule has 20 heavy (non-hydrogen) atoms. The molecule has 1 heteroatoms. The number of rotatable bonds is 5. The Morgan fingerprint density at radius 3 is 2.00 bits per heavy atom. The van der Waals surface area contributed by atoms with E-state index < -0.39 is 5.41 Å². The maximum absolute atomic E-state index is 12.9. The summed E-state index contributed by atoms with van der Waals surface area (Å²) in [5, 5.41) is 0. The van der Waals surface area contributed by atoms with Gasteiger partial charge in [-0.25, -0.2) is 0 Å². The van der Waals surface area contributed by atoms with Gasteiger partial charge < -0.3 is 0 Å². The first-order valence-electron chi connectivity index (χ1n) is 6.84. The maximum atomic E-state index is 12.9. The number of hydrogen-bond donors (Lipinski definition) is 0. The van der Waals surface area contributed by atoms with Gasteiger partial charge in [0.15, 0.2) is 5.78 Å². The predicted octanol–water partition coefficient (Wildman–Crippen LogP) is 4.69. The molecule has 0 spiro atoms. The molecule has 0 radical (unpaired) electrons. The molecule has 0 fully saturated rings. The Kier molecular flexibility index (Phi) is 4.19. The van der Waals surface area contributed by atoms with Crippen molar-refractivity contribution in [1.29, 1.82) is 0 Å². The van der Waals surface area contributed by atoms with E-state index in [1.807, 2.05) is 62.4 Å². The van der Waals surface area contributed by atoms with E-state index in [1.165, 1.54) is 0 Å². The SMILES string of the molecule is C=C(C)C(C)(Cc1ccccc1)C(=O)c1ccccc1. The minimum Gasteiger partial charge on any atom is -0.293 e. The van der Waals surface area contributed by atoms with Crippen LogP contribution in [0.4, 0.5) is 0 Å². The number of carbonyl (C=O) groups is 1. The molecular formula is C19H20O. The summed E-state index contributed by atoms with van der Waals surface area (Å²) in [4.78, 5) is 12.9. The molecular weight excluding hydrogens is 244 g/mol. The Labute approximate surface area is 121 Å². The zero-order valence-electron chi connectivity index (χ0n) is 12.1. The van der Waals surface area contributed by atoms with Crippen LogP contribution in [0, 0.1) is 5.41 Å². The molecule has 0 saturated heterocycles. The summed E-state index contributed by atoms with van der Waals surface area (Å²) in [5.74, 6) is 0.134. The van der Waals surface area contributed by atoms with Crippen LogP contribution in [0.3, 0.4) is 0 Å². The summed E-state index contributed by atoms with van der Waals surface area (Å²) < 4.78 is 0. The number of hydrogen-bond acceptors (Lipinski definition) is 1. The summed E-state index contributed by atoms with van der Waals surface area (Å²) >= 11 is 0. The molecule has 1 unspecified atom stereocenters. The van der Waals surface area contributed by atoms with E-state index >= 15 is 0 Å². The third-order valence-corrected chi connectivity index (χ3v) is 3.88. The summed E-state index contributed by atoms with van der Waals surface area (Å²) in [6, 6.07) is 19.6. The molecule has 2 aromatic carbocycles. The lowest BCUT2D eigenvalue weighted by Crippen LogP contribution is -2.31. The van der Waals surface area contributed by atoms with E-state index in [-0.39, 0.29) is 5.78 Å². The fourth-order valence-corrected chi connectivity index (χ4v) is 2.34. The van der Waals surface area contributed by atoms with Gasteiger partial charge in [0.1, 0.15) is 0 Å². The van der Waals surface area contributed by atoms with Gasteiger partial charge in [0.2, 0.25) is 0 Å². The van der Waals surface area contributed by atoms with Crippen LogP contribution in [0.15, 0.2) is 72.8 Å². The highest BCUT2D eigenvalue weighted by atomic mass is 16.1. The Morgan fingerprint density at radius 2 is 1.50 bits per heavy atom. The zero-order chi connectivity index (χ0) is 14.6. The molecule has 102 valence electrons. The van der Waals surface area contributed by atoms with Crippen LogP contribution >= 0.6 is 0 Å². The van der Waals surface area contributed by atoms with Crippen molar-refractivity contribution in [3.8, 4) is 0 Å². The fourth-order valence-electron chi connectivity index (χ4n) is 2.34. The van der Waals surface area contributed by atoms with Crippen molar-refractivity contribution in [2.24, 2.45) is 5.41 Å². The lowest BCUT2D eigenvalue weighted by Gasteiger charge is -2.29. The van der Waals surface area contributed by atoms with Crippen molar-refractivity contribution < 1.29 is 4.79 Å². The number of benzene rings is 2. The molecule has 0 N–H and O–H groups in total. The lowest BCUT2D eigenvalue weighted by atomic mass is 9.72. The number of Topliss-reactive ketones (excluding diaryl/α,β-unsaturated/α-hetero) is 1. The number of allylic oxidation sites excluding steroid dienone is 1.